The van der Waals surface area contributed by atoms with Gasteiger partial charge < -0.3 is 9.84 Å². The molecule has 1 rings (SSSR count). The number of aromatic carboxylic acids is 1. The summed E-state index contributed by atoms with van der Waals surface area (Å²) in [7, 11) is 1.32. The zero-order valence-electron chi connectivity index (χ0n) is 7.85. The van der Waals surface area contributed by atoms with Crippen LogP contribution >= 0.6 is 0 Å². The normalized spacial score (nSPS) is 9.86. The van der Waals surface area contributed by atoms with Gasteiger partial charge in [0.05, 0.1) is 7.11 Å². The van der Waals surface area contributed by atoms with Crippen LogP contribution in [-0.2, 0) is 6.54 Å². The fraction of sp³-hybridized carbons (Fsp3) is 0.375. The lowest BCUT2D eigenvalue weighted by Gasteiger charge is -2.07. The zero-order chi connectivity index (χ0) is 10.7. The van der Waals surface area contributed by atoms with Crippen LogP contribution in [-0.4, -0.2) is 27.7 Å². The van der Waals surface area contributed by atoms with Crippen LogP contribution in [0.4, 0.5) is 0 Å². The van der Waals surface area contributed by atoms with Crippen LogP contribution in [0.15, 0.2) is 10.9 Å². The van der Waals surface area contributed by atoms with Crippen LogP contribution in [0.25, 0.3) is 0 Å². The van der Waals surface area contributed by atoms with Crippen molar-refractivity contribution in [2.45, 2.75) is 13.5 Å². The largest absolute Gasteiger partial charge is 0.481 e. The summed E-state index contributed by atoms with van der Waals surface area (Å²) >= 11 is 0. The standard InChI is InChI=1S/C8H10N2O4/c1-3-10-5(7(11)12)4-6(14-2)9-8(10)13/h4H,3H2,1-2H3,(H,11,12). The first-order chi connectivity index (χ1) is 6.60. The third-order valence-corrected chi connectivity index (χ3v) is 1.73. The van der Waals surface area contributed by atoms with Gasteiger partial charge in [0.1, 0.15) is 5.69 Å². The van der Waals surface area contributed by atoms with Crippen LogP contribution in [0.5, 0.6) is 5.88 Å². The van der Waals surface area contributed by atoms with Crippen molar-refractivity contribution < 1.29 is 14.6 Å². The molecule has 76 valence electrons. The van der Waals surface area contributed by atoms with E-state index in [0.29, 0.717) is 0 Å². The van der Waals surface area contributed by atoms with Gasteiger partial charge in [-0.05, 0) is 6.92 Å². The number of rotatable bonds is 3. The van der Waals surface area contributed by atoms with Gasteiger partial charge >= 0.3 is 11.7 Å². The van der Waals surface area contributed by atoms with E-state index in [1.165, 1.54) is 13.2 Å². The lowest BCUT2D eigenvalue weighted by Crippen LogP contribution is -2.27. The van der Waals surface area contributed by atoms with Gasteiger partial charge in [0, 0.05) is 12.6 Å². The number of aromatic nitrogens is 2. The summed E-state index contributed by atoms with van der Waals surface area (Å²) in [4.78, 5) is 25.5. The first kappa shape index (κ1) is 10.2. The second-order valence-electron chi connectivity index (χ2n) is 2.52. The third kappa shape index (κ3) is 1.73. The van der Waals surface area contributed by atoms with Gasteiger partial charge in [-0.15, -0.1) is 0 Å². The van der Waals surface area contributed by atoms with Crippen molar-refractivity contribution in [3.05, 3.63) is 22.2 Å². The Kier molecular flexibility index (Phi) is 2.85. The number of methoxy groups -OCH3 is 1. The van der Waals surface area contributed by atoms with Crippen molar-refractivity contribution in [2.75, 3.05) is 7.11 Å². The van der Waals surface area contributed by atoms with Gasteiger partial charge in [-0.3, -0.25) is 4.57 Å². The molecule has 0 aromatic carbocycles. The first-order valence-electron chi connectivity index (χ1n) is 3.99. The van der Waals surface area contributed by atoms with Crippen molar-refractivity contribution in [1.29, 1.82) is 0 Å². The van der Waals surface area contributed by atoms with Crippen molar-refractivity contribution in [2.24, 2.45) is 0 Å². The van der Waals surface area contributed by atoms with E-state index in [9.17, 15) is 9.59 Å². The van der Waals surface area contributed by atoms with E-state index in [1.54, 1.807) is 6.92 Å². The fourth-order valence-electron chi connectivity index (χ4n) is 1.07. The monoisotopic (exact) mass is 198 g/mol. The van der Waals surface area contributed by atoms with Crippen LogP contribution < -0.4 is 10.4 Å². The summed E-state index contributed by atoms with van der Waals surface area (Å²) in [5.41, 5.74) is -0.742. The molecule has 1 N–H and O–H groups in total. The molecule has 1 aromatic heterocycles. The number of nitrogens with zero attached hydrogens (tertiary/aromatic N) is 2. The molecular formula is C8H10N2O4. The molecule has 0 aliphatic carbocycles. The van der Waals surface area contributed by atoms with Crippen LogP contribution in [0.2, 0.25) is 0 Å². The molecule has 0 atom stereocenters. The molecule has 0 saturated carbocycles. The van der Waals surface area contributed by atoms with Gasteiger partial charge in [0.25, 0.3) is 0 Å². The number of carboxylic acid groups (broad SMARTS) is 1. The van der Waals surface area contributed by atoms with E-state index >= 15 is 0 Å². The summed E-state index contributed by atoms with van der Waals surface area (Å²) in [6, 6.07) is 1.22. The molecule has 0 aliphatic heterocycles. The molecule has 0 amide bonds. The molecule has 6 heteroatoms. The van der Waals surface area contributed by atoms with Gasteiger partial charge in [-0.2, -0.15) is 4.98 Å². The Morgan fingerprint density at radius 2 is 2.36 bits per heavy atom. The highest BCUT2D eigenvalue weighted by atomic mass is 16.5. The number of ether oxygens (including phenoxy) is 1. The fourth-order valence-corrected chi connectivity index (χ4v) is 1.07. The molecule has 0 radical (unpaired) electrons. The molecule has 0 bridgehead atoms. The Balaban J connectivity index is 3.43. The molecule has 0 saturated heterocycles. The van der Waals surface area contributed by atoms with Crippen molar-refractivity contribution in [1.82, 2.24) is 9.55 Å². The average Bonchev–Trinajstić information content (AvgIpc) is 2.16. The summed E-state index contributed by atoms with van der Waals surface area (Å²) in [5.74, 6) is -1.17. The summed E-state index contributed by atoms with van der Waals surface area (Å²) < 4.78 is 5.76. The summed E-state index contributed by atoms with van der Waals surface area (Å²) in [6.07, 6.45) is 0. The van der Waals surface area contributed by atoms with Gasteiger partial charge in [-0.1, -0.05) is 0 Å². The molecule has 6 nitrogen and oxygen atoms in total. The molecule has 0 aliphatic rings. The Hall–Kier alpha value is -1.85. The van der Waals surface area contributed by atoms with Crippen molar-refractivity contribution in [3.8, 4) is 5.88 Å². The number of hydrogen-bond donors (Lipinski definition) is 1. The van der Waals surface area contributed by atoms with Gasteiger partial charge in [0.15, 0.2) is 0 Å². The van der Waals surface area contributed by atoms with E-state index in [-0.39, 0.29) is 18.1 Å². The Morgan fingerprint density at radius 3 is 2.79 bits per heavy atom. The number of hydrogen-bond acceptors (Lipinski definition) is 4. The van der Waals surface area contributed by atoms with E-state index in [0.717, 1.165) is 4.57 Å². The minimum atomic E-state index is -1.18. The number of carboxylic acids is 1. The number of carbonyl (C=O) groups is 1. The quantitative estimate of drug-likeness (QED) is 0.737. The SMILES string of the molecule is CCn1c(C(=O)O)cc(OC)nc1=O. The zero-order valence-corrected chi connectivity index (χ0v) is 7.85. The first-order valence-corrected chi connectivity index (χ1v) is 3.99. The second kappa shape index (κ2) is 3.91. The molecule has 0 fully saturated rings. The van der Waals surface area contributed by atoms with E-state index < -0.39 is 11.7 Å². The molecular weight excluding hydrogens is 188 g/mol. The molecule has 1 heterocycles. The third-order valence-electron chi connectivity index (χ3n) is 1.73. The van der Waals surface area contributed by atoms with E-state index in [2.05, 4.69) is 4.98 Å². The summed E-state index contributed by atoms with van der Waals surface area (Å²) in [5, 5.41) is 8.80. The summed E-state index contributed by atoms with van der Waals surface area (Å²) in [6.45, 7) is 1.93. The minimum absolute atomic E-state index is 0.0112. The molecule has 1 aromatic rings. The predicted octanol–water partition coefficient (Wildman–Crippen LogP) is -0.0300. The molecule has 14 heavy (non-hydrogen) atoms. The predicted molar refractivity (Wildman–Crippen MR) is 47.7 cm³/mol. The van der Waals surface area contributed by atoms with E-state index in [4.69, 9.17) is 9.84 Å². The molecule has 0 spiro atoms. The Labute approximate surface area is 79.8 Å². The Morgan fingerprint density at radius 1 is 1.71 bits per heavy atom. The topological polar surface area (TPSA) is 81.4 Å². The van der Waals surface area contributed by atoms with E-state index in [1.807, 2.05) is 0 Å². The van der Waals surface area contributed by atoms with Gasteiger partial charge in [-0.25, -0.2) is 9.59 Å². The van der Waals surface area contributed by atoms with Crippen LogP contribution in [0, 0.1) is 0 Å². The maximum absolute atomic E-state index is 11.3. The highest BCUT2D eigenvalue weighted by molar-refractivity contribution is 5.85. The highest BCUT2D eigenvalue weighted by Gasteiger charge is 2.12. The van der Waals surface area contributed by atoms with Crippen LogP contribution in [0.3, 0.4) is 0 Å². The van der Waals surface area contributed by atoms with Gasteiger partial charge in [0.2, 0.25) is 5.88 Å². The molecule has 0 unspecified atom stereocenters. The Bertz CT molecular complexity index is 410. The maximum Gasteiger partial charge on any atom is 0.352 e. The lowest BCUT2D eigenvalue weighted by molar-refractivity contribution is 0.0682. The minimum Gasteiger partial charge on any atom is -0.481 e. The lowest BCUT2D eigenvalue weighted by atomic mass is 10.4. The highest BCUT2D eigenvalue weighted by Crippen LogP contribution is 2.06. The smallest absolute Gasteiger partial charge is 0.352 e. The van der Waals surface area contributed by atoms with Crippen molar-refractivity contribution >= 4 is 5.97 Å². The second-order valence-corrected chi connectivity index (χ2v) is 2.52. The average molecular weight is 198 g/mol. The maximum atomic E-state index is 11.3. The van der Waals surface area contributed by atoms with Crippen LogP contribution in [0.1, 0.15) is 17.4 Å². The van der Waals surface area contributed by atoms with Crippen molar-refractivity contribution in [3.63, 3.8) is 0 Å².